The van der Waals surface area contributed by atoms with Gasteiger partial charge in [-0.1, -0.05) is 6.07 Å². The second-order valence-electron chi connectivity index (χ2n) is 3.65. The van der Waals surface area contributed by atoms with Crippen molar-refractivity contribution in [1.29, 1.82) is 0 Å². The van der Waals surface area contributed by atoms with Crippen molar-refractivity contribution in [3.8, 4) is 0 Å². The van der Waals surface area contributed by atoms with E-state index < -0.39 is 0 Å². The summed E-state index contributed by atoms with van der Waals surface area (Å²) in [5, 5.41) is 2.62. The molecule has 17 heavy (non-hydrogen) atoms. The van der Waals surface area contributed by atoms with Crippen molar-refractivity contribution in [1.82, 2.24) is 4.98 Å². The molecule has 0 radical (unpaired) electrons. The number of hydrogen-bond donors (Lipinski definition) is 1. The average Bonchev–Trinajstić information content (AvgIpc) is 2.35. The minimum absolute atomic E-state index is 0.282. The molecule has 1 heterocycles. The third-order valence-corrected chi connectivity index (χ3v) is 2.37. The number of rotatable bonds is 2. The van der Waals surface area contributed by atoms with Crippen LogP contribution in [0, 0.1) is 12.7 Å². The van der Waals surface area contributed by atoms with Crippen molar-refractivity contribution < 1.29 is 9.18 Å². The number of benzene rings is 1. The minimum atomic E-state index is -0.336. The summed E-state index contributed by atoms with van der Waals surface area (Å²) in [6.07, 6.45) is 3.06. The van der Waals surface area contributed by atoms with Gasteiger partial charge in [0.1, 0.15) is 5.82 Å². The maximum Gasteiger partial charge on any atom is 0.255 e. The summed E-state index contributed by atoms with van der Waals surface area (Å²) in [5.74, 6) is -0.617. The predicted octanol–water partition coefficient (Wildman–Crippen LogP) is 2.78. The quantitative estimate of drug-likeness (QED) is 0.861. The predicted molar refractivity (Wildman–Crippen MR) is 63.3 cm³/mol. The Morgan fingerprint density at radius 3 is 2.59 bits per heavy atom. The second kappa shape index (κ2) is 4.74. The molecule has 0 aliphatic carbocycles. The molecule has 3 nitrogen and oxygen atoms in total. The summed E-state index contributed by atoms with van der Waals surface area (Å²) in [6.45, 7) is 1.67. The average molecular weight is 230 g/mol. The number of amides is 1. The van der Waals surface area contributed by atoms with E-state index in [-0.39, 0.29) is 11.7 Å². The van der Waals surface area contributed by atoms with E-state index in [0.29, 0.717) is 16.8 Å². The highest BCUT2D eigenvalue weighted by Crippen LogP contribution is 2.14. The third kappa shape index (κ3) is 2.66. The number of pyridine rings is 1. The Labute approximate surface area is 98.3 Å². The zero-order valence-electron chi connectivity index (χ0n) is 9.27. The highest BCUT2D eigenvalue weighted by atomic mass is 19.1. The fourth-order valence-corrected chi connectivity index (χ4v) is 1.38. The van der Waals surface area contributed by atoms with E-state index in [9.17, 15) is 9.18 Å². The lowest BCUT2D eigenvalue weighted by Crippen LogP contribution is -2.11. The molecule has 0 aliphatic rings. The van der Waals surface area contributed by atoms with Gasteiger partial charge in [-0.05, 0) is 36.8 Å². The molecule has 1 N–H and O–H groups in total. The van der Waals surface area contributed by atoms with Crippen LogP contribution in [-0.2, 0) is 0 Å². The highest BCUT2D eigenvalue weighted by molar-refractivity contribution is 6.04. The van der Waals surface area contributed by atoms with Crippen molar-refractivity contribution in [3.05, 3.63) is 59.7 Å². The van der Waals surface area contributed by atoms with E-state index in [1.165, 1.54) is 18.5 Å². The Balaban J connectivity index is 2.16. The van der Waals surface area contributed by atoms with Crippen molar-refractivity contribution >= 4 is 11.6 Å². The molecule has 1 aromatic heterocycles. The number of anilines is 1. The standard InChI is InChI=1S/C13H11FN2O/c1-9-2-3-11(8-12(9)14)16-13(17)10-4-6-15-7-5-10/h2-8H,1H3,(H,16,17). The molecule has 86 valence electrons. The van der Waals surface area contributed by atoms with Crippen LogP contribution in [0.3, 0.4) is 0 Å². The lowest BCUT2D eigenvalue weighted by molar-refractivity contribution is 0.102. The van der Waals surface area contributed by atoms with E-state index in [2.05, 4.69) is 10.3 Å². The number of aromatic nitrogens is 1. The first-order chi connectivity index (χ1) is 8.16. The van der Waals surface area contributed by atoms with Crippen LogP contribution < -0.4 is 5.32 Å². The van der Waals surface area contributed by atoms with Gasteiger partial charge in [-0.3, -0.25) is 9.78 Å². The van der Waals surface area contributed by atoms with Crippen molar-refractivity contribution in [2.75, 3.05) is 5.32 Å². The van der Waals surface area contributed by atoms with Crippen LogP contribution in [0.25, 0.3) is 0 Å². The van der Waals surface area contributed by atoms with E-state index in [4.69, 9.17) is 0 Å². The van der Waals surface area contributed by atoms with Crippen LogP contribution in [0.4, 0.5) is 10.1 Å². The van der Waals surface area contributed by atoms with Gasteiger partial charge in [0, 0.05) is 23.6 Å². The first-order valence-corrected chi connectivity index (χ1v) is 5.14. The number of hydrogen-bond acceptors (Lipinski definition) is 2. The Bertz CT molecular complexity index is 540. The lowest BCUT2D eigenvalue weighted by atomic mass is 10.2. The monoisotopic (exact) mass is 230 g/mol. The van der Waals surface area contributed by atoms with E-state index in [1.54, 1.807) is 31.2 Å². The van der Waals surface area contributed by atoms with Crippen molar-refractivity contribution in [2.24, 2.45) is 0 Å². The van der Waals surface area contributed by atoms with E-state index in [1.807, 2.05) is 0 Å². The van der Waals surface area contributed by atoms with Crippen molar-refractivity contribution in [2.45, 2.75) is 6.92 Å². The molecule has 1 amide bonds. The summed E-state index contributed by atoms with van der Waals surface area (Å²) < 4.78 is 13.3. The van der Waals surface area contributed by atoms with Crippen LogP contribution in [0.2, 0.25) is 0 Å². The van der Waals surface area contributed by atoms with E-state index >= 15 is 0 Å². The molecule has 0 atom stereocenters. The number of aryl methyl sites for hydroxylation is 1. The van der Waals surface area contributed by atoms with E-state index in [0.717, 1.165) is 0 Å². The molecule has 0 spiro atoms. The lowest BCUT2D eigenvalue weighted by Gasteiger charge is -2.06. The SMILES string of the molecule is Cc1ccc(NC(=O)c2ccncc2)cc1F. The number of nitrogens with zero attached hydrogens (tertiary/aromatic N) is 1. The van der Waals surface area contributed by atoms with Gasteiger partial charge in [0.05, 0.1) is 0 Å². The zero-order valence-corrected chi connectivity index (χ0v) is 9.27. The zero-order chi connectivity index (χ0) is 12.3. The smallest absolute Gasteiger partial charge is 0.255 e. The molecule has 0 fully saturated rings. The van der Waals surface area contributed by atoms with Crippen LogP contribution in [-0.4, -0.2) is 10.9 Å². The van der Waals surface area contributed by atoms with Gasteiger partial charge in [-0.2, -0.15) is 0 Å². The summed E-state index contributed by atoms with van der Waals surface area (Å²) in [4.78, 5) is 15.6. The van der Waals surface area contributed by atoms with Gasteiger partial charge in [-0.25, -0.2) is 4.39 Å². The van der Waals surface area contributed by atoms with Crippen LogP contribution in [0.1, 0.15) is 15.9 Å². The Morgan fingerprint density at radius 2 is 1.94 bits per heavy atom. The maximum absolute atomic E-state index is 13.3. The molecule has 0 aliphatic heterocycles. The van der Waals surface area contributed by atoms with Crippen LogP contribution in [0.5, 0.6) is 0 Å². The molecule has 4 heteroatoms. The fraction of sp³-hybridized carbons (Fsp3) is 0.0769. The van der Waals surface area contributed by atoms with Gasteiger partial charge >= 0.3 is 0 Å². The van der Waals surface area contributed by atoms with Gasteiger partial charge in [-0.15, -0.1) is 0 Å². The van der Waals surface area contributed by atoms with Gasteiger partial charge in [0.2, 0.25) is 0 Å². The Morgan fingerprint density at radius 1 is 1.24 bits per heavy atom. The number of nitrogens with one attached hydrogen (secondary N) is 1. The van der Waals surface area contributed by atoms with Crippen LogP contribution >= 0.6 is 0 Å². The highest BCUT2D eigenvalue weighted by Gasteiger charge is 2.06. The molecule has 0 saturated heterocycles. The molecule has 1 aromatic carbocycles. The molecule has 2 aromatic rings. The maximum atomic E-state index is 13.3. The van der Waals surface area contributed by atoms with Crippen molar-refractivity contribution in [3.63, 3.8) is 0 Å². The summed E-state index contributed by atoms with van der Waals surface area (Å²) in [6, 6.07) is 7.78. The normalized spacial score (nSPS) is 10.0. The second-order valence-corrected chi connectivity index (χ2v) is 3.65. The molecule has 0 saturated carbocycles. The first-order valence-electron chi connectivity index (χ1n) is 5.14. The molecule has 0 bridgehead atoms. The summed E-state index contributed by atoms with van der Waals surface area (Å²) in [7, 11) is 0. The topological polar surface area (TPSA) is 42.0 Å². The van der Waals surface area contributed by atoms with Gasteiger partial charge in [0.25, 0.3) is 5.91 Å². The molecule has 0 unspecified atom stereocenters. The molecular formula is C13H11FN2O. The first kappa shape index (κ1) is 11.3. The number of carbonyl (C=O) groups excluding carboxylic acids is 1. The third-order valence-electron chi connectivity index (χ3n) is 2.37. The largest absolute Gasteiger partial charge is 0.322 e. The summed E-state index contributed by atoms with van der Waals surface area (Å²) >= 11 is 0. The molecule has 2 rings (SSSR count). The number of carbonyl (C=O) groups is 1. The Kier molecular flexibility index (Phi) is 3.14. The number of halogens is 1. The van der Waals surface area contributed by atoms with Crippen LogP contribution in [0.15, 0.2) is 42.7 Å². The minimum Gasteiger partial charge on any atom is -0.322 e. The Hall–Kier alpha value is -2.23. The summed E-state index contributed by atoms with van der Waals surface area (Å²) in [5.41, 5.74) is 1.47. The fourth-order valence-electron chi connectivity index (χ4n) is 1.38. The molecular weight excluding hydrogens is 219 g/mol. The van der Waals surface area contributed by atoms with Gasteiger partial charge in [0.15, 0.2) is 0 Å². The van der Waals surface area contributed by atoms with Gasteiger partial charge < -0.3 is 5.32 Å².